The summed E-state index contributed by atoms with van der Waals surface area (Å²) in [4.78, 5) is 4.38. The van der Waals surface area contributed by atoms with E-state index in [1.807, 2.05) is 25.1 Å². The van der Waals surface area contributed by atoms with E-state index >= 15 is 0 Å². The SMILES string of the molecule is CCc1nc2cc(NCc3cccc(Cl)c3F)ccc2o1. The Kier molecular flexibility index (Phi) is 3.80. The first-order chi connectivity index (χ1) is 10.2. The summed E-state index contributed by atoms with van der Waals surface area (Å²) in [5.41, 5.74) is 2.93. The van der Waals surface area contributed by atoms with Gasteiger partial charge < -0.3 is 9.73 Å². The lowest BCUT2D eigenvalue weighted by atomic mass is 10.2. The van der Waals surface area contributed by atoms with Gasteiger partial charge in [-0.15, -0.1) is 0 Å². The number of aryl methyl sites for hydroxylation is 1. The van der Waals surface area contributed by atoms with E-state index in [9.17, 15) is 4.39 Å². The van der Waals surface area contributed by atoms with Crippen molar-refractivity contribution in [2.24, 2.45) is 0 Å². The highest BCUT2D eigenvalue weighted by atomic mass is 35.5. The van der Waals surface area contributed by atoms with Crippen LogP contribution in [-0.2, 0) is 13.0 Å². The molecule has 3 aromatic rings. The molecule has 0 saturated carbocycles. The third-order valence-corrected chi connectivity index (χ3v) is 3.54. The van der Waals surface area contributed by atoms with Crippen LogP contribution < -0.4 is 5.32 Å². The molecular formula is C16H14ClFN2O. The third-order valence-electron chi connectivity index (χ3n) is 3.25. The van der Waals surface area contributed by atoms with Gasteiger partial charge in [0, 0.05) is 24.2 Å². The molecule has 5 heteroatoms. The highest BCUT2D eigenvalue weighted by Crippen LogP contribution is 2.22. The summed E-state index contributed by atoms with van der Waals surface area (Å²) >= 11 is 5.77. The van der Waals surface area contributed by atoms with Crippen molar-refractivity contribution in [2.45, 2.75) is 19.9 Å². The molecule has 0 saturated heterocycles. The number of benzene rings is 2. The number of nitrogens with zero attached hydrogens (tertiary/aromatic N) is 1. The smallest absolute Gasteiger partial charge is 0.195 e. The van der Waals surface area contributed by atoms with Crippen molar-refractivity contribution in [3.05, 3.63) is 58.7 Å². The molecular weight excluding hydrogens is 291 g/mol. The van der Waals surface area contributed by atoms with Crippen LogP contribution in [0.3, 0.4) is 0 Å². The third kappa shape index (κ3) is 2.85. The molecule has 1 N–H and O–H groups in total. The second-order valence-electron chi connectivity index (χ2n) is 4.71. The minimum absolute atomic E-state index is 0.133. The molecule has 0 radical (unpaired) electrons. The Morgan fingerprint density at radius 1 is 1.29 bits per heavy atom. The predicted molar refractivity (Wildman–Crippen MR) is 82.1 cm³/mol. The number of aromatic nitrogens is 1. The highest BCUT2D eigenvalue weighted by molar-refractivity contribution is 6.30. The fourth-order valence-corrected chi connectivity index (χ4v) is 2.31. The van der Waals surface area contributed by atoms with Gasteiger partial charge in [-0.2, -0.15) is 0 Å². The summed E-state index contributed by atoms with van der Waals surface area (Å²) in [7, 11) is 0. The van der Waals surface area contributed by atoms with E-state index in [4.69, 9.17) is 16.0 Å². The van der Waals surface area contributed by atoms with Gasteiger partial charge in [0.1, 0.15) is 11.3 Å². The molecule has 2 aromatic carbocycles. The number of oxazole rings is 1. The maximum atomic E-state index is 13.8. The van der Waals surface area contributed by atoms with Gasteiger partial charge in [0.2, 0.25) is 0 Å². The van der Waals surface area contributed by atoms with Crippen LogP contribution in [0.15, 0.2) is 40.8 Å². The second-order valence-corrected chi connectivity index (χ2v) is 5.12. The Hall–Kier alpha value is -2.07. The lowest BCUT2D eigenvalue weighted by Gasteiger charge is -2.08. The molecule has 0 fully saturated rings. The summed E-state index contributed by atoms with van der Waals surface area (Å²) in [6, 6.07) is 10.6. The van der Waals surface area contributed by atoms with Crippen molar-refractivity contribution in [3.63, 3.8) is 0 Å². The van der Waals surface area contributed by atoms with E-state index in [1.165, 1.54) is 6.07 Å². The zero-order valence-electron chi connectivity index (χ0n) is 11.5. The minimum atomic E-state index is -0.387. The first-order valence-corrected chi connectivity index (χ1v) is 7.11. The zero-order chi connectivity index (χ0) is 14.8. The number of nitrogens with one attached hydrogen (secondary N) is 1. The van der Waals surface area contributed by atoms with Crippen LogP contribution in [0, 0.1) is 5.82 Å². The van der Waals surface area contributed by atoms with Crippen molar-refractivity contribution >= 4 is 28.4 Å². The van der Waals surface area contributed by atoms with E-state index in [0.717, 1.165) is 23.2 Å². The second kappa shape index (κ2) is 5.74. The van der Waals surface area contributed by atoms with E-state index in [0.29, 0.717) is 18.0 Å². The van der Waals surface area contributed by atoms with E-state index in [2.05, 4.69) is 10.3 Å². The van der Waals surface area contributed by atoms with Gasteiger partial charge in [-0.3, -0.25) is 0 Å². The molecule has 0 atom stereocenters. The normalized spacial score (nSPS) is 11.0. The van der Waals surface area contributed by atoms with Gasteiger partial charge in [0.05, 0.1) is 5.02 Å². The van der Waals surface area contributed by atoms with Crippen LogP contribution in [0.2, 0.25) is 5.02 Å². The molecule has 0 aliphatic rings. The standard InChI is InChI=1S/C16H14ClFN2O/c1-2-15-20-13-8-11(6-7-14(13)21-15)19-9-10-4-3-5-12(17)16(10)18/h3-8,19H,2,9H2,1H3. The number of anilines is 1. The molecule has 0 spiro atoms. The van der Waals surface area contributed by atoms with Crippen LogP contribution in [0.25, 0.3) is 11.1 Å². The first kappa shape index (κ1) is 13.9. The molecule has 0 unspecified atom stereocenters. The monoisotopic (exact) mass is 304 g/mol. The number of hydrogen-bond donors (Lipinski definition) is 1. The Labute approximate surface area is 126 Å². The van der Waals surface area contributed by atoms with Crippen LogP contribution >= 0.6 is 11.6 Å². The maximum Gasteiger partial charge on any atom is 0.195 e. The quantitative estimate of drug-likeness (QED) is 0.752. The molecule has 108 valence electrons. The van der Waals surface area contributed by atoms with Gasteiger partial charge in [-0.25, -0.2) is 9.37 Å². The Bertz CT molecular complexity index is 785. The number of hydrogen-bond acceptors (Lipinski definition) is 3. The molecule has 0 aliphatic carbocycles. The molecule has 1 aromatic heterocycles. The molecule has 21 heavy (non-hydrogen) atoms. The molecule has 0 bridgehead atoms. The first-order valence-electron chi connectivity index (χ1n) is 6.73. The summed E-state index contributed by atoms with van der Waals surface area (Å²) < 4.78 is 19.4. The fourth-order valence-electron chi connectivity index (χ4n) is 2.12. The number of fused-ring (bicyclic) bond motifs is 1. The summed E-state index contributed by atoms with van der Waals surface area (Å²) in [5.74, 6) is 0.325. The Balaban J connectivity index is 1.80. The Morgan fingerprint density at radius 2 is 2.14 bits per heavy atom. The molecule has 0 amide bonds. The van der Waals surface area contributed by atoms with Crippen LogP contribution in [0.4, 0.5) is 10.1 Å². The van der Waals surface area contributed by atoms with Crippen molar-refractivity contribution in [2.75, 3.05) is 5.32 Å². The summed E-state index contributed by atoms with van der Waals surface area (Å²) in [6.45, 7) is 2.35. The topological polar surface area (TPSA) is 38.1 Å². The Morgan fingerprint density at radius 3 is 2.95 bits per heavy atom. The van der Waals surface area contributed by atoms with Crippen molar-refractivity contribution in [3.8, 4) is 0 Å². The average Bonchev–Trinajstić information content (AvgIpc) is 2.91. The highest BCUT2D eigenvalue weighted by Gasteiger charge is 2.07. The molecule has 1 heterocycles. The van der Waals surface area contributed by atoms with Gasteiger partial charge >= 0.3 is 0 Å². The molecule has 3 nitrogen and oxygen atoms in total. The van der Waals surface area contributed by atoms with Gasteiger partial charge in [0.15, 0.2) is 11.5 Å². The van der Waals surface area contributed by atoms with E-state index in [1.54, 1.807) is 12.1 Å². The van der Waals surface area contributed by atoms with Crippen molar-refractivity contribution < 1.29 is 8.81 Å². The molecule has 0 aliphatic heterocycles. The van der Waals surface area contributed by atoms with E-state index in [-0.39, 0.29) is 10.8 Å². The lowest BCUT2D eigenvalue weighted by molar-refractivity contribution is 0.538. The van der Waals surface area contributed by atoms with Gasteiger partial charge in [-0.05, 0) is 24.3 Å². The van der Waals surface area contributed by atoms with E-state index < -0.39 is 0 Å². The molecule has 3 rings (SSSR count). The lowest BCUT2D eigenvalue weighted by Crippen LogP contribution is -2.01. The maximum absolute atomic E-state index is 13.8. The van der Waals surface area contributed by atoms with Gasteiger partial charge in [-0.1, -0.05) is 30.7 Å². The summed E-state index contributed by atoms with van der Waals surface area (Å²) in [5, 5.41) is 3.30. The van der Waals surface area contributed by atoms with Crippen LogP contribution in [0.1, 0.15) is 18.4 Å². The van der Waals surface area contributed by atoms with Crippen molar-refractivity contribution in [1.29, 1.82) is 0 Å². The van der Waals surface area contributed by atoms with Crippen molar-refractivity contribution in [1.82, 2.24) is 4.98 Å². The minimum Gasteiger partial charge on any atom is -0.441 e. The van der Waals surface area contributed by atoms with Crippen LogP contribution in [-0.4, -0.2) is 4.98 Å². The number of rotatable bonds is 4. The zero-order valence-corrected chi connectivity index (χ0v) is 12.2. The fraction of sp³-hybridized carbons (Fsp3) is 0.188. The van der Waals surface area contributed by atoms with Crippen LogP contribution in [0.5, 0.6) is 0 Å². The average molecular weight is 305 g/mol. The number of halogens is 2. The largest absolute Gasteiger partial charge is 0.441 e. The summed E-state index contributed by atoms with van der Waals surface area (Å²) in [6.07, 6.45) is 0.755. The van der Waals surface area contributed by atoms with Gasteiger partial charge in [0.25, 0.3) is 0 Å². The predicted octanol–water partition coefficient (Wildman–Crippen LogP) is 4.79.